The van der Waals surface area contributed by atoms with Crippen molar-refractivity contribution in [3.8, 4) is 5.69 Å². The van der Waals surface area contributed by atoms with E-state index in [1.54, 1.807) is 4.57 Å². The van der Waals surface area contributed by atoms with Crippen molar-refractivity contribution >= 4 is 26.8 Å². The molecule has 1 aromatic heterocycles. The monoisotopic (exact) mass is 340 g/mol. The predicted molar refractivity (Wildman–Crippen MR) is 87.2 cm³/mol. The van der Waals surface area contributed by atoms with Crippen LogP contribution in [-0.4, -0.2) is 9.55 Å². The largest absolute Gasteiger partial charge is 0.268 e. The number of halogens is 1. The SMILES string of the molecule is CC1(C)c2ccccc2-n2c1nc1cc(Br)ccc1c2=O. The molecule has 3 nitrogen and oxygen atoms in total. The molecule has 0 amide bonds. The van der Waals surface area contributed by atoms with Crippen LogP contribution in [0.3, 0.4) is 0 Å². The second kappa shape index (κ2) is 4.04. The summed E-state index contributed by atoms with van der Waals surface area (Å²) >= 11 is 3.45. The van der Waals surface area contributed by atoms with Crippen LogP contribution in [0.4, 0.5) is 0 Å². The lowest BCUT2D eigenvalue weighted by Crippen LogP contribution is -2.25. The number of rotatable bonds is 0. The fraction of sp³-hybridized carbons (Fsp3) is 0.176. The zero-order valence-electron chi connectivity index (χ0n) is 11.7. The van der Waals surface area contributed by atoms with Gasteiger partial charge in [-0.3, -0.25) is 9.36 Å². The van der Waals surface area contributed by atoms with E-state index in [1.165, 1.54) is 0 Å². The van der Waals surface area contributed by atoms with Crippen LogP contribution in [0.25, 0.3) is 16.6 Å². The Balaban J connectivity index is 2.22. The molecule has 3 aromatic rings. The third-order valence-corrected chi connectivity index (χ3v) is 4.70. The van der Waals surface area contributed by atoms with Gasteiger partial charge in [0.2, 0.25) is 0 Å². The van der Waals surface area contributed by atoms with Crippen molar-refractivity contribution in [3.63, 3.8) is 0 Å². The van der Waals surface area contributed by atoms with E-state index in [9.17, 15) is 4.79 Å². The van der Waals surface area contributed by atoms with E-state index in [-0.39, 0.29) is 11.0 Å². The van der Waals surface area contributed by atoms with Gasteiger partial charge in [0.05, 0.1) is 22.0 Å². The molecule has 21 heavy (non-hydrogen) atoms. The average Bonchev–Trinajstić information content (AvgIpc) is 2.68. The van der Waals surface area contributed by atoms with Crippen molar-refractivity contribution in [1.82, 2.24) is 9.55 Å². The topological polar surface area (TPSA) is 34.9 Å². The summed E-state index contributed by atoms with van der Waals surface area (Å²) in [6, 6.07) is 13.6. The third kappa shape index (κ3) is 1.59. The summed E-state index contributed by atoms with van der Waals surface area (Å²) < 4.78 is 2.69. The second-order valence-corrected chi connectivity index (χ2v) is 6.80. The molecule has 0 radical (unpaired) electrons. The zero-order chi connectivity index (χ0) is 14.8. The summed E-state index contributed by atoms with van der Waals surface area (Å²) in [5.74, 6) is 0.805. The van der Waals surface area contributed by atoms with Crippen LogP contribution in [0.5, 0.6) is 0 Å². The highest BCUT2D eigenvalue weighted by Crippen LogP contribution is 2.40. The highest BCUT2D eigenvalue weighted by Gasteiger charge is 2.38. The van der Waals surface area contributed by atoms with E-state index in [2.05, 4.69) is 35.8 Å². The van der Waals surface area contributed by atoms with Gasteiger partial charge in [-0.1, -0.05) is 34.1 Å². The molecule has 0 spiro atoms. The fourth-order valence-corrected chi connectivity index (χ4v) is 3.47. The van der Waals surface area contributed by atoms with E-state index >= 15 is 0 Å². The Morgan fingerprint density at radius 1 is 1.14 bits per heavy atom. The van der Waals surface area contributed by atoms with Crippen LogP contribution >= 0.6 is 15.9 Å². The standard InChI is InChI=1S/C17H13BrN2O/c1-17(2)12-5-3-4-6-14(12)20-15(21)11-8-7-10(18)9-13(11)19-16(17)20/h3-9H,1-2H3. The van der Waals surface area contributed by atoms with Crippen molar-refractivity contribution in [2.75, 3.05) is 0 Å². The van der Waals surface area contributed by atoms with Crippen LogP contribution in [0, 0.1) is 0 Å². The molecule has 1 aliphatic heterocycles. The summed E-state index contributed by atoms with van der Waals surface area (Å²) in [6.07, 6.45) is 0. The number of aromatic nitrogens is 2. The van der Waals surface area contributed by atoms with E-state index in [0.717, 1.165) is 27.1 Å². The molecule has 0 unspecified atom stereocenters. The van der Waals surface area contributed by atoms with Gasteiger partial charge in [0.15, 0.2) is 0 Å². The highest BCUT2D eigenvalue weighted by atomic mass is 79.9. The Bertz CT molecular complexity index is 957. The number of para-hydroxylation sites is 1. The molecule has 0 N–H and O–H groups in total. The minimum atomic E-state index is -0.272. The Kier molecular flexibility index (Phi) is 2.46. The maximum atomic E-state index is 12.9. The van der Waals surface area contributed by atoms with Gasteiger partial charge in [-0.2, -0.15) is 0 Å². The Hall–Kier alpha value is -1.94. The predicted octanol–water partition coefficient (Wildman–Crippen LogP) is 3.79. The Labute approximate surface area is 130 Å². The minimum Gasteiger partial charge on any atom is -0.268 e. The van der Waals surface area contributed by atoms with Crippen molar-refractivity contribution in [2.45, 2.75) is 19.3 Å². The molecule has 4 rings (SSSR count). The number of fused-ring (bicyclic) bond motifs is 4. The maximum Gasteiger partial charge on any atom is 0.266 e. The van der Waals surface area contributed by atoms with Gasteiger partial charge < -0.3 is 0 Å². The number of hydrogen-bond donors (Lipinski definition) is 0. The smallest absolute Gasteiger partial charge is 0.266 e. The number of hydrogen-bond acceptors (Lipinski definition) is 2. The van der Waals surface area contributed by atoms with Crippen LogP contribution in [0.15, 0.2) is 51.7 Å². The van der Waals surface area contributed by atoms with Crippen LogP contribution in [-0.2, 0) is 5.41 Å². The number of nitrogens with zero attached hydrogens (tertiary/aromatic N) is 2. The first kappa shape index (κ1) is 12.8. The Morgan fingerprint density at radius 2 is 1.90 bits per heavy atom. The first-order valence-corrected chi connectivity index (χ1v) is 7.62. The summed E-state index contributed by atoms with van der Waals surface area (Å²) in [5, 5.41) is 0.648. The molecule has 0 atom stereocenters. The molecule has 2 aromatic carbocycles. The normalized spacial score (nSPS) is 15.0. The van der Waals surface area contributed by atoms with Gasteiger partial charge in [0.1, 0.15) is 5.82 Å². The second-order valence-electron chi connectivity index (χ2n) is 5.88. The number of benzene rings is 2. The summed E-state index contributed by atoms with van der Waals surface area (Å²) in [7, 11) is 0. The fourth-order valence-electron chi connectivity index (χ4n) is 3.12. The summed E-state index contributed by atoms with van der Waals surface area (Å²) in [5.41, 5.74) is 2.55. The van der Waals surface area contributed by atoms with Crippen molar-refractivity contribution in [3.05, 3.63) is 68.7 Å². The van der Waals surface area contributed by atoms with Gasteiger partial charge in [-0.25, -0.2) is 4.98 Å². The van der Waals surface area contributed by atoms with Crippen molar-refractivity contribution in [1.29, 1.82) is 0 Å². The molecular formula is C17H13BrN2O. The molecule has 0 saturated carbocycles. The van der Waals surface area contributed by atoms with Gasteiger partial charge >= 0.3 is 0 Å². The molecule has 4 heteroatoms. The van der Waals surface area contributed by atoms with E-state index in [0.29, 0.717) is 5.39 Å². The zero-order valence-corrected chi connectivity index (χ0v) is 13.3. The molecule has 104 valence electrons. The van der Waals surface area contributed by atoms with Crippen molar-refractivity contribution in [2.24, 2.45) is 0 Å². The van der Waals surface area contributed by atoms with Gasteiger partial charge in [0.25, 0.3) is 5.56 Å². The summed E-state index contributed by atoms with van der Waals surface area (Å²) in [6.45, 7) is 4.22. The minimum absolute atomic E-state index is 0.000486. The van der Waals surface area contributed by atoms with Crippen LogP contribution < -0.4 is 5.56 Å². The average molecular weight is 341 g/mol. The Morgan fingerprint density at radius 3 is 2.71 bits per heavy atom. The lowest BCUT2D eigenvalue weighted by Gasteiger charge is -2.18. The molecule has 0 aliphatic carbocycles. The van der Waals surface area contributed by atoms with E-state index in [1.807, 2.05) is 36.4 Å². The van der Waals surface area contributed by atoms with E-state index in [4.69, 9.17) is 4.98 Å². The van der Waals surface area contributed by atoms with Crippen LogP contribution in [0.1, 0.15) is 25.2 Å². The van der Waals surface area contributed by atoms with Gasteiger partial charge in [0, 0.05) is 4.47 Å². The molecule has 1 aliphatic rings. The first-order chi connectivity index (χ1) is 10.00. The quantitative estimate of drug-likeness (QED) is 0.624. The molecule has 2 heterocycles. The molecule has 0 saturated heterocycles. The van der Waals surface area contributed by atoms with Gasteiger partial charge in [-0.15, -0.1) is 0 Å². The third-order valence-electron chi connectivity index (χ3n) is 4.21. The lowest BCUT2D eigenvalue weighted by atomic mass is 9.85. The molecule has 0 fully saturated rings. The van der Waals surface area contributed by atoms with E-state index < -0.39 is 0 Å². The maximum absolute atomic E-state index is 12.9. The summed E-state index contributed by atoms with van der Waals surface area (Å²) in [4.78, 5) is 17.7. The lowest BCUT2D eigenvalue weighted by molar-refractivity contribution is 0.610. The van der Waals surface area contributed by atoms with Gasteiger partial charge in [-0.05, 0) is 43.7 Å². The van der Waals surface area contributed by atoms with Crippen molar-refractivity contribution < 1.29 is 0 Å². The molecular weight excluding hydrogens is 328 g/mol. The van der Waals surface area contributed by atoms with Crippen LogP contribution in [0.2, 0.25) is 0 Å². The highest BCUT2D eigenvalue weighted by molar-refractivity contribution is 9.10. The molecule has 0 bridgehead atoms. The first-order valence-electron chi connectivity index (χ1n) is 6.83.